The minimum atomic E-state index is -0.390. The van der Waals surface area contributed by atoms with Crippen molar-refractivity contribution in [3.63, 3.8) is 0 Å². The topological polar surface area (TPSA) is 53.3 Å². The summed E-state index contributed by atoms with van der Waals surface area (Å²) in [6.45, 7) is 3.51. The van der Waals surface area contributed by atoms with Gasteiger partial charge in [-0.3, -0.25) is 9.69 Å². The summed E-state index contributed by atoms with van der Waals surface area (Å²) in [6, 6.07) is 31.9. The van der Waals surface area contributed by atoms with Crippen LogP contribution in [0.5, 0.6) is 0 Å². The van der Waals surface area contributed by atoms with Crippen molar-refractivity contribution in [2.75, 3.05) is 0 Å². The van der Waals surface area contributed by atoms with Gasteiger partial charge in [0.2, 0.25) is 0 Å². The summed E-state index contributed by atoms with van der Waals surface area (Å²) in [6.07, 6.45) is 3.81. The molecule has 0 spiro atoms. The molecule has 0 saturated carbocycles. The molecular weight excluding hydrogens is 420 g/mol. The number of hydrogen-bond donors (Lipinski definition) is 0. The van der Waals surface area contributed by atoms with E-state index in [1.165, 1.54) is 0 Å². The number of benzene rings is 3. The minimum absolute atomic E-state index is 0.211. The van der Waals surface area contributed by atoms with Crippen molar-refractivity contribution in [2.24, 2.45) is 0 Å². The highest BCUT2D eigenvalue weighted by Gasteiger charge is 2.27. The molecule has 0 fully saturated rings. The second kappa shape index (κ2) is 13.8. The molecule has 1 unspecified atom stereocenters. The second-order valence-electron chi connectivity index (χ2n) is 8.50. The zero-order valence-corrected chi connectivity index (χ0v) is 19.8. The lowest BCUT2D eigenvalue weighted by Crippen LogP contribution is -2.41. The molecule has 3 aromatic carbocycles. The van der Waals surface area contributed by atoms with Gasteiger partial charge in [-0.05, 0) is 42.9 Å². The molecule has 1 atom stereocenters. The third-order valence-corrected chi connectivity index (χ3v) is 5.75. The summed E-state index contributed by atoms with van der Waals surface area (Å²) < 4.78 is 5.80. The van der Waals surface area contributed by atoms with E-state index in [-0.39, 0.29) is 18.6 Å². The van der Waals surface area contributed by atoms with Crippen molar-refractivity contribution in [1.82, 2.24) is 4.90 Å². The molecule has 34 heavy (non-hydrogen) atoms. The smallest absolute Gasteiger partial charge is 0.323 e. The summed E-state index contributed by atoms with van der Waals surface area (Å²) in [5.74, 6) is -0.211. The standard InChI is InChI=1S/C30H32N2O2/c1-25(20-21-31)12-11-19-29(30(33)34-24-28-17-9-4-10-18-28)32(22-26-13-5-2-6-14-26)23-27-15-7-3-8-16-27/h2-10,13-18,20,29H,11-12,19,22-24H2,1H3/b25-20-. The maximum atomic E-state index is 13.4. The molecule has 0 aliphatic heterocycles. The van der Waals surface area contributed by atoms with Gasteiger partial charge in [-0.15, -0.1) is 0 Å². The second-order valence-corrected chi connectivity index (χ2v) is 8.50. The summed E-state index contributed by atoms with van der Waals surface area (Å²) >= 11 is 0. The Balaban J connectivity index is 1.81. The Kier molecular flexibility index (Phi) is 10.1. The quantitative estimate of drug-likeness (QED) is 0.234. The number of rotatable bonds is 12. The SMILES string of the molecule is C/C(=C/C#N)CCCC(C(=O)OCc1ccccc1)N(Cc1ccccc1)Cc1ccccc1. The molecular formula is C30H32N2O2. The van der Waals surface area contributed by atoms with Crippen molar-refractivity contribution >= 4 is 5.97 Å². The highest BCUT2D eigenvalue weighted by molar-refractivity contribution is 5.75. The summed E-state index contributed by atoms with van der Waals surface area (Å²) in [5.41, 5.74) is 4.30. The lowest BCUT2D eigenvalue weighted by Gasteiger charge is -2.30. The van der Waals surface area contributed by atoms with E-state index in [1.807, 2.05) is 73.7 Å². The van der Waals surface area contributed by atoms with Crippen molar-refractivity contribution in [3.8, 4) is 6.07 Å². The van der Waals surface area contributed by atoms with Gasteiger partial charge in [-0.25, -0.2) is 0 Å². The molecule has 3 aromatic rings. The van der Waals surface area contributed by atoms with Crippen LogP contribution in [0.15, 0.2) is 103 Å². The number of ether oxygens (including phenoxy) is 1. The Hall–Kier alpha value is -3.68. The van der Waals surface area contributed by atoms with Gasteiger partial charge in [0.25, 0.3) is 0 Å². The fourth-order valence-corrected chi connectivity index (χ4v) is 3.94. The van der Waals surface area contributed by atoms with Gasteiger partial charge in [0, 0.05) is 19.2 Å². The van der Waals surface area contributed by atoms with E-state index >= 15 is 0 Å². The maximum absolute atomic E-state index is 13.4. The predicted octanol–water partition coefficient (Wildman–Crippen LogP) is 6.44. The number of carbonyl (C=O) groups is 1. The Labute approximate surface area is 203 Å². The van der Waals surface area contributed by atoms with Crippen LogP contribution < -0.4 is 0 Å². The number of carbonyl (C=O) groups excluding carboxylic acids is 1. The normalized spacial score (nSPS) is 12.2. The van der Waals surface area contributed by atoms with Gasteiger partial charge in [-0.2, -0.15) is 5.26 Å². The fourth-order valence-electron chi connectivity index (χ4n) is 3.94. The monoisotopic (exact) mass is 452 g/mol. The minimum Gasteiger partial charge on any atom is -0.460 e. The summed E-state index contributed by atoms with van der Waals surface area (Å²) in [7, 11) is 0. The van der Waals surface area contributed by atoms with Gasteiger partial charge in [-0.1, -0.05) is 96.6 Å². The molecule has 4 nitrogen and oxygen atoms in total. The lowest BCUT2D eigenvalue weighted by atomic mass is 10.0. The van der Waals surface area contributed by atoms with Crippen molar-refractivity contribution < 1.29 is 9.53 Å². The number of nitriles is 1. The Bertz CT molecular complexity index is 1030. The molecule has 0 amide bonds. The predicted molar refractivity (Wildman–Crippen MR) is 135 cm³/mol. The van der Waals surface area contributed by atoms with Crippen LogP contribution in [-0.2, 0) is 29.2 Å². The first-order chi connectivity index (χ1) is 16.7. The first kappa shape index (κ1) is 25.0. The van der Waals surface area contributed by atoms with E-state index in [4.69, 9.17) is 10.00 Å². The average molecular weight is 453 g/mol. The van der Waals surface area contributed by atoms with E-state index in [1.54, 1.807) is 6.08 Å². The van der Waals surface area contributed by atoms with Crippen LogP contribution >= 0.6 is 0 Å². The average Bonchev–Trinajstić information content (AvgIpc) is 2.87. The van der Waals surface area contributed by atoms with Crippen LogP contribution in [-0.4, -0.2) is 16.9 Å². The fraction of sp³-hybridized carbons (Fsp3) is 0.267. The molecule has 0 saturated heterocycles. The molecule has 3 rings (SSSR count). The van der Waals surface area contributed by atoms with Crippen LogP contribution in [0.3, 0.4) is 0 Å². The van der Waals surface area contributed by atoms with E-state index in [9.17, 15) is 4.79 Å². The number of allylic oxidation sites excluding steroid dienone is 2. The van der Waals surface area contributed by atoms with E-state index in [2.05, 4.69) is 35.2 Å². The molecule has 0 aliphatic rings. The Morgan fingerprint density at radius 2 is 1.38 bits per heavy atom. The van der Waals surface area contributed by atoms with E-state index in [0.717, 1.165) is 35.1 Å². The number of hydrogen-bond acceptors (Lipinski definition) is 4. The van der Waals surface area contributed by atoms with Gasteiger partial charge in [0.05, 0.1) is 6.07 Å². The van der Waals surface area contributed by atoms with Crippen molar-refractivity contribution in [3.05, 3.63) is 119 Å². The molecule has 0 N–H and O–H groups in total. The lowest BCUT2D eigenvalue weighted by molar-refractivity contribution is -0.152. The van der Waals surface area contributed by atoms with Crippen molar-refractivity contribution in [1.29, 1.82) is 5.26 Å². The maximum Gasteiger partial charge on any atom is 0.323 e. The summed E-state index contributed by atoms with van der Waals surface area (Å²) in [5, 5.41) is 8.92. The first-order valence-electron chi connectivity index (χ1n) is 11.7. The van der Waals surface area contributed by atoms with Gasteiger partial charge < -0.3 is 4.74 Å². The van der Waals surface area contributed by atoms with Gasteiger partial charge >= 0.3 is 5.97 Å². The molecule has 0 aromatic heterocycles. The molecule has 174 valence electrons. The Morgan fingerprint density at radius 3 is 1.88 bits per heavy atom. The molecule has 4 heteroatoms. The molecule has 0 aliphatic carbocycles. The molecule has 0 bridgehead atoms. The molecule has 0 heterocycles. The van der Waals surface area contributed by atoms with Gasteiger partial charge in [0.15, 0.2) is 0 Å². The highest BCUT2D eigenvalue weighted by atomic mass is 16.5. The van der Waals surface area contributed by atoms with E-state index < -0.39 is 0 Å². The third-order valence-electron chi connectivity index (χ3n) is 5.75. The van der Waals surface area contributed by atoms with E-state index in [0.29, 0.717) is 19.5 Å². The third kappa shape index (κ3) is 8.35. The highest BCUT2D eigenvalue weighted by Crippen LogP contribution is 2.20. The molecule has 0 radical (unpaired) electrons. The van der Waals surface area contributed by atoms with Crippen LogP contribution in [0.4, 0.5) is 0 Å². The zero-order valence-electron chi connectivity index (χ0n) is 19.8. The number of esters is 1. The largest absolute Gasteiger partial charge is 0.460 e. The first-order valence-corrected chi connectivity index (χ1v) is 11.7. The van der Waals surface area contributed by atoms with Crippen molar-refractivity contribution in [2.45, 2.75) is 51.9 Å². The Morgan fingerprint density at radius 1 is 0.882 bits per heavy atom. The van der Waals surface area contributed by atoms with Gasteiger partial charge in [0.1, 0.15) is 12.6 Å². The van der Waals surface area contributed by atoms with Crippen LogP contribution in [0, 0.1) is 11.3 Å². The number of nitrogens with zero attached hydrogens (tertiary/aromatic N) is 2. The van der Waals surface area contributed by atoms with Crippen LogP contribution in [0.1, 0.15) is 42.9 Å². The van der Waals surface area contributed by atoms with Crippen LogP contribution in [0.25, 0.3) is 0 Å². The van der Waals surface area contributed by atoms with Crippen LogP contribution in [0.2, 0.25) is 0 Å². The zero-order chi connectivity index (χ0) is 24.0. The summed E-state index contributed by atoms with van der Waals surface area (Å²) in [4.78, 5) is 15.6.